The van der Waals surface area contributed by atoms with E-state index >= 15 is 0 Å². The summed E-state index contributed by atoms with van der Waals surface area (Å²) in [5.41, 5.74) is 6.99. The first kappa shape index (κ1) is 11.6. The standard InChI is InChI=1S/C12H14BrNO2/c13-10-4-9(5-11(14)6-10)12(15)8-2-1-3-16-7-8/h4-6,8H,1-3,7,14H2. The third-order valence-corrected chi connectivity index (χ3v) is 3.19. The topological polar surface area (TPSA) is 52.3 Å². The number of ether oxygens (including phenoxy) is 1. The molecule has 1 atom stereocenters. The number of ketones is 1. The maximum Gasteiger partial charge on any atom is 0.168 e. The van der Waals surface area contributed by atoms with Gasteiger partial charge in [-0.15, -0.1) is 0 Å². The molecule has 1 aromatic rings. The number of halogens is 1. The van der Waals surface area contributed by atoms with Crippen LogP contribution in [-0.2, 0) is 4.74 Å². The number of hydrogen-bond donors (Lipinski definition) is 1. The summed E-state index contributed by atoms with van der Waals surface area (Å²) in [6.07, 6.45) is 1.87. The summed E-state index contributed by atoms with van der Waals surface area (Å²) in [6, 6.07) is 5.32. The van der Waals surface area contributed by atoms with Gasteiger partial charge < -0.3 is 10.5 Å². The number of benzene rings is 1. The van der Waals surface area contributed by atoms with Gasteiger partial charge in [-0.2, -0.15) is 0 Å². The number of nitrogens with two attached hydrogens (primary N) is 1. The minimum Gasteiger partial charge on any atom is -0.399 e. The largest absolute Gasteiger partial charge is 0.399 e. The van der Waals surface area contributed by atoms with E-state index in [0.717, 1.165) is 23.9 Å². The third-order valence-electron chi connectivity index (χ3n) is 2.74. The molecule has 1 aliphatic heterocycles. The van der Waals surface area contributed by atoms with E-state index in [1.54, 1.807) is 12.1 Å². The van der Waals surface area contributed by atoms with Gasteiger partial charge in [-0.3, -0.25) is 4.79 Å². The molecule has 1 aromatic carbocycles. The highest BCUT2D eigenvalue weighted by molar-refractivity contribution is 9.10. The van der Waals surface area contributed by atoms with Gasteiger partial charge in [0.25, 0.3) is 0 Å². The van der Waals surface area contributed by atoms with E-state index < -0.39 is 0 Å². The molecule has 1 unspecified atom stereocenters. The van der Waals surface area contributed by atoms with E-state index in [-0.39, 0.29) is 11.7 Å². The molecule has 3 nitrogen and oxygen atoms in total. The van der Waals surface area contributed by atoms with Crippen molar-refractivity contribution in [1.82, 2.24) is 0 Å². The van der Waals surface area contributed by atoms with Crippen molar-refractivity contribution < 1.29 is 9.53 Å². The molecule has 1 aliphatic rings. The molecule has 16 heavy (non-hydrogen) atoms. The lowest BCUT2D eigenvalue weighted by atomic mass is 9.92. The molecule has 86 valence electrons. The van der Waals surface area contributed by atoms with E-state index in [9.17, 15) is 4.79 Å². The molecule has 0 radical (unpaired) electrons. The molecule has 0 amide bonds. The van der Waals surface area contributed by atoms with Crippen LogP contribution in [0, 0.1) is 5.92 Å². The Hall–Kier alpha value is -0.870. The van der Waals surface area contributed by atoms with Crippen LogP contribution in [0.25, 0.3) is 0 Å². The second-order valence-corrected chi connectivity index (χ2v) is 4.97. The molecule has 0 saturated carbocycles. The fraction of sp³-hybridized carbons (Fsp3) is 0.417. The summed E-state index contributed by atoms with van der Waals surface area (Å²) in [4.78, 5) is 12.1. The van der Waals surface area contributed by atoms with E-state index in [2.05, 4.69) is 15.9 Å². The van der Waals surface area contributed by atoms with Crippen LogP contribution in [0.4, 0.5) is 5.69 Å². The van der Waals surface area contributed by atoms with Crippen molar-refractivity contribution in [1.29, 1.82) is 0 Å². The lowest BCUT2D eigenvalue weighted by Crippen LogP contribution is -2.25. The summed E-state index contributed by atoms with van der Waals surface area (Å²) >= 11 is 3.34. The van der Waals surface area contributed by atoms with Crippen molar-refractivity contribution in [3.05, 3.63) is 28.2 Å². The maximum atomic E-state index is 12.1. The summed E-state index contributed by atoms with van der Waals surface area (Å²) < 4.78 is 6.16. The van der Waals surface area contributed by atoms with Gasteiger partial charge in [0.1, 0.15) is 0 Å². The lowest BCUT2D eigenvalue weighted by molar-refractivity contribution is 0.0461. The number of Topliss-reactive ketones (excluding diaryl/α,β-unsaturated/α-hetero) is 1. The second-order valence-electron chi connectivity index (χ2n) is 4.05. The average Bonchev–Trinajstić information content (AvgIpc) is 2.28. The van der Waals surface area contributed by atoms with Crippen molar-refractivity contribution in [2.75, 3.05) is 18.9 Å². The minimum atomic E-state index is -0.0116. The third kappa shape index (κ3) is 2.62. The molecule has 4 heteroatoms. The first-order valence-electron chi connectivity index (χ1n) is 5.35. The molecule has 1 heterocycles. The summed E-state index contributed by atoms with van der Waals surface area (Å²) in [5, 5.41) is 0. The van der Waals surface area contributed by atoms with Gasteiger partial charge in [-0.1, -0.05) is 15.9 Å². The first-order valence-corrected chi connectivity index (χ1v) is 6.14. The summed E-state index contributed by atoms with van der Waals surface area (Å²) in [5.74, 6) is 0.121. The second kappa shape index (κ2) is 4.97. The Balaban J connectivity index is 2.19. The van der Waals surface area contributed by atoms with E-state index in [1.165, 1.54) is 0 Å². The number of hydrogen-bond acceptors (Lipinski definition) is 3. The number of anilines is 1. The Morgan fingerprint density at radius 2 is 2.25 bits per heavy atom. The van der Waals surface area contributed by atoms with Crippen LogP contribution in [0.3, 0.4) is 0 Å². The van der Waals surface area contributed by atoms with Crippen molar-refractivity contribution in [2.24, 2.45) is 5.92 Å². The van der Waals surface area contributed by atoms with Gasteiger partial charge in [0, 0.05) is 28.2 Å². The predicted molar refractivity (Wildman–Crippen MR) is 66.4 cm³/mol. The van der Waals surface area contributed by atoms with Crippen LogP contribution in [-0.4, -0.2) is 19.0 Å². The number of carbonyl (C=O) groups is 1. The summed E-state index contributed by atoms with van der Waals surface area (Å²) in [7, 11) is 0. The fourth-order valence-corrected chi connectivity index (χ4v) is 2.45. The van der Waals surface area contributed by atoms with E-state index in [0.29, 0.717) is 17.9 Å². The van der Waals surface area contributed by atoms with E-state index in [4.69, 9.17) is 10.5 Å². The molecule has 0 aliphatic carbocycles. The minimum absolute atomic E-state index is 0.0116. The molecule has 2 N–H and O–H groups in total. The molecule has 0 bridgehead atoms. The first-order chi connectivity index (χ1) is 7.66. The van der Waals surface area contributed by atoms with Crippen molar-refractivity contribution in [2.45, 2.75) is 12.8 Å². The smallest absolute Gasteiger partial charge is 0.168 e. The Bertz CT molecular complexity index is 380. The fourth-order valence-electron chi connectivity index (χ4n) is 1.94. The zero-order valence-electron chi connectivity index (χ0n) is 8.91. The molecular weight excluding hydrogens is 270 g/mol. The van der Waals surface area contributed by atoms with Crippen LogP contribution in [0.15, 0.2) is 22.7 Å². The van der Waals surface area contributed by atoms with Crippen molar-refractivity contribution >= 4 is 27.4 Å². The maximum absolute atomic E-state index is 12.1. The number of carbonyl (C=O) groups excluding carboxylic acids is 1. The number of nitrogen functional groups attached to an aromatic ring is 1. The molecule has 1 saturated heterocycles. The zero-order valence-corrected chi connectivity index (χ0v) is 10.5. The van der Waals surface area contributed by atoms with Crippen LogP contribution in [0.5, 0.6) is 0 Å². The van der Waals surface area contributed by atoms with Crippen LogP contribution >= 0.6 is 15.9 Å². The molecular formula is C12H14BrNO2. The van der Waals surface area contributed by atoms with Gasteiger partial charge in [0.2, 0.25) is 0 Å². The summed E-state index contributed by atoms with van der Waals surface area (Å²) in [6.45, 7) is 1.30. The highest BCUT2D eigenvalue weighted by Crippen LogP contribution is 2.23. The van der Waals surface area contributed by atoms with Crippen LogP contribution in [0.1, 0.15) is 23.2 Å². The predicted octanol–water partition coefficient (Wildman–Crippen LogP) is 2.64. The van der Waals surface area contributed by atoms with Gasteiger partial charge in [0.05, 0.1) is 6.61 Å². The van der Waals surface area contributed by atoms with Gasteiger partial charge >= 0.3 is 0 Å². The van der Waals surface area contributed by atoms with Gasteiger partial charge in [-0.05, 0) is 31.0 Å². The normalized spacial score (nSPS) is 20.7. The van der Waals surface area contributed by atoms with Gasteiger partial charge in [0.15, 0.2) is 5.78 Å². The van der Waals surface area contributed by atoms with Crippen LogP contribution in [0.2, 0.25) is 0 Å². The molecule has 2 rings (SSSR count). The van der Waals surface area contributed by atoms with E-state index in [1.807, 2.05) is 6.07 Å². The SMILES string of the molecule is Nc1cc(Br)cc(C(=O)C2CCCOC2)c1. The molecule has 0 spiro atoms. The average molecular weight is 284 g/mol. The lowest BCUT2D eigenvalue weighted by Gasteiger charge is -2.21. The Kier molecular flexibility index (Phi) is 3.61. The number of rotatable bonds is 2. The molecule has 1 fully saturated rings. The molecule has 0 aromatic heterocycles. The highest BCUT2D eigenvalue weighted by Gasteiger charge is 2.23. The quantitative estimate of drug-likeness (QED) is 0.671. The highest BCUT2D eigenvalue weighted by atomic mass is 79.9. The Morgan fingerprint density at radius 3 is 2.88 bits per heavy atom. The zero-order chi connectivity index (χ0) is 11.5. The van der Waals surface area contributed by atoms with Gasteiger partial charge in [-0.25, -0.2) is 0 Å². The monoisotopic (exact) mass is 283 g/mol. The Morgan fingerprint density at radius 1 is 1.44 bits per heavy atom. The van der Waals surface area contributed by atoms with Crippen molar-refractivity contribution in [3.8, 4) is 0 Å². The van der Waals surface area contributed by atoms with Crippen molar-refractivity contribution in [3.63, 3.8) is 0 Å². The Labute approximate surface area is 103 Å². The van der Waals surface area contributed by atoms with Crippen LogP contribution < -0.4 is 5.73 Å².